The predicted octanol–water partition coefficient (Wildman–Crippen LogP) is 9.04. The number of carbonyl (C=O) groups excluding carboxylic acids is 6. The van der Waals surface area contributed by atoms with Crippen molar-refractivity contribution >= 4 is 75.0 Å². The van der Waals surface area contributed by atoms with Crippen molar-refractivity contribution in [1.82, 2.24) is 44.5 Å². The number of hydrogen-bond acceptors (Lipinski definition) is 14. The standard InChI is InChI=1S/C59H74FN11O7S/c1-37-45-35-62-59(66-54(45)71(43-18-13-14-19-43)57(77)51(37)39(3)72)64-48-28-27-44(34-61-48)68-30-32-69(33-31-68)50(74)22-12-7-5-6-11-21-49(73)67(4)38(2)55(76)65-52(40-16-9-8-10-17-40)58(78)70-29-15-20-47(70)56-63-46(36-79-56)53(75)41-23-25-42(60)26-24-41/h23-28,34-36,38,40,43,47,52H,5-22,29-33H2,1-4H3,(H,65,76)(H,61,62,64,66)/t38?,47?,52-/m0/s1. The van der Waals surface area contributed by atoms with Crippen LogP contribution in [0.5, 0.6) is 0 Å². The SMILES string of the molecule is CC(=O)c1c(C)c2cnc(Nc3ccc(N4CCN(C(=O)CCCCCCCC(=O)N(C)C(C)C(=O)N[C@H](C(=O)N5CCCC5c5nc(C(=O)c6ccc(F)cc6)cs5)C5CCCCC5)CC4)cn3)nc2n(C2CCCC2)c1=O. The highest BCUT2D eigenvalue weighted by Crippen LogP contribution is 2.37. The summed E-state index contributed by atoms with van der Waals surface area (Å²) >= 11 is 1.33. The molecule has 0 radical (unpaired) electrons. The number of benzene rings is 1. The lowest BCUT2D eigenvalue weighted by Gasteiger charge is -2.36. The molecule has 2 saturated heterocycles. The monoisotopic (exact) mass is 1100 g/mol. The molecule has 5 aromatic rings. The maximum absolute atomic E-state index is 14.5. The number of fused-ring (bicyclic) bond motifs is 1. The fraction of sp³-hybridized carbons (Fsp3) is 0.542. The Kier molecular flexibility index (Phi) is 18.6. The lowest BCUT2D eigenvalue weighted by molar-refractivity contribution is -0.142. The number of hydrogen-bond donors (Lipinski definition) is 2. The van der Waals surface area contributed by atoms with Gasteiger partial charge in [-0.25, -0.2) is 19.3 Å². The summed E-state index contributed by atoms with van der Waals surface area (Å²) < 4.78 is 15.2. The maximum Gasteiger partial charge on any atom is 0.263 e. The number of halogens is 1. The summed E-state index contributed by atoms with van der Waals surface area (Å²) in [5.41, 5.74) is 2.53. The lowest BCUT2D eigenvalue weighted by Crippen LogP contribution is -2.56. The number of thiazole rings is 1. The fourth-order valence-corrected chi connectivity index (χ4v) is 12.9. The van der Waals surface area contributed by atoms with Crippen LogP contribution in [0.2, 0.25) is 0 Å². The summed E-state index contributed by atoms with van der Waals surface area (Å²) in [5.74, 6) is -0.707. The van der Waals surface area contributed by atoms with Crippen molar-refractivity contribution in [3.8, 4) is 0 Å². The van der Waals surface area contributed by atoms with Crippen LogP contribution in [-0.4, -0.2) is 126 Å². The van der Waals surface area contributed by atoms with Crippen LogP contribution < -0.4 is 21.1 Å². The first-order chi connectivity index (χ1) is 38.2. The molecule has 4 aromatic heterocycles. The van der Waals surface area contributed by atoms with Crippen LogP contribution in [0.15, 0.2) is 59.0 Å². The fourth-order valence-electron chi connectivity index (χ4n) is 12.0. The predicted molar refractivity (Wildman–Crippen MR) is 301 cm³/mol. The molecule has 420 valence electrons. The Morgan fingerprint density at radius 1 is 0.797 bits per heavy atom. The van der Waals surface area contributed by atoms with E-state index in [1.54, 1.807) is 48.1 Å². The van der Waals surface area contributed by atoms with Crippen molar-refractivity contribution in [3.05, 3.63) is 97.7 Å². The van der Waals surface area contributed by atoms with Gasteiger partial charge in [0.1, 0.15) is 40.1 Å². The second kappa shape index (κ2) is 25.9. The number of aryl methyl sites for hydroxylation is 1. The van der Waals surface area contributed by atoms with Crippen molar-refractivity contribution in [2.75, 3.05) is 50.0 Å². The largest absolute Gasteiger partial charge is 0.367 e. The second-order valence-corrected chi connectivity index (χ2v) is 22.8. The summed E-state index contributed by atoms with van der Waals surface area (Å²) in [7, 11) is 1.64. The molecule has 9 rings (SSSR count). The molecule has 0 bridgehead atoms. The minimum absolute atomic E-state index is 0.0175. The number of likely N-dealkylation sites (N-methyl/N-ethyl adjacent to an activating group) is 1. The summed E-state index contributed by atoms with van der Waals surface area (Å²) in [4.78, 5) is 120. The van der Waals surface area contributed by atoms with Crippen molar-refractivity contribution in [3.63, 3.8) is 0 Å². The van der Waals surface area contributed by atoms with Gasteiger partial charge in [0, 0.05) is 81.2 Å². The molecule has 2 unspecified atom stereocenters. The third-order valence-corrected chi connectivity index (χ3v) is 17.7. The van der Waals surface area contributed by atoms with E-state index in [-0.39, 0.29) is 70.0 Å². The number of Topliss-reactive ketones (excluding diaryl/α,β-unsaturated/α-hetero) is 1. The Morgan fingerprint density at radius 2 is 1.49 bits per heavy atom. The number of carbonyl (C=O) groups is 6. The zero-order valence-electron chi connectivity index (χ0n) is 46.0. The van der Waals surface area contributed by atoms with Gasteiger partial charge in [-0.15, -0.1) is 11.3 Å². The van der Waals surface area contributed by atoms with E-state index in [0.717, 1.165) is 95.6 Å². The Hall–Kier alpha value is -6.96. The number of amides is 4. The second-order valence-electron chi connectivity index (χ2n) is 21.9. The zero-order chi connectivity index (χ0) is 55.7. The molecular weight excluding hydrogens is 1030 g/mol. The van der Waals surface area contributed by atoms with Crippen molar-refractivity contribution in [1.29, 1.82) is 0 Å². The minimum atomic E-state index is -0.786. The Labute approximate surface area is 465 Å². The van der Waals surface area contributed by atoms with Crippen LogP contribution in [0, 0.1) is 18.7 Å². The van der Waals surface area contributed by atoms with Gasteiger partial charge in [-0.3, -0.25) is 38.1 Å². The number of rotatable bonds is 21. The van der Waals surface area contributed by atoms with E-state index >= 15 is 0 Å². The first kappa shape index (κ1) is 56.7. The molecule has 1 aromatic carbocycles. The molecule has 2 saturated carbocycles. The summed E-state index contributed by atoms with van der Waals surface area (Å²) in [6, 6.07) is 7.31. The number of nitrogens with one attached hydrogen (secondary N) is 2. The van der Waals surface area contributed by atoms with E-state index in [0.29, 0.717) is 97.3 Å². The Balaban J connectivity index is 0.682. The average Bonchev–Trinajstić information content (AvgIpc) is 4.43. The van der Waals surface area contributed by atoms with Gasteiger partial charge in [0.25, 0.3) is 5.56 Å². The van der Waals surface area contributed by atoms with E-state index < -0.39 is 17.9 Å². The van der Waals surface area contributed by atoms with Crippen LogP contribution in [0.3, 0.4) is 0 Å². The number of anilines is 3. The number of piperazine rings is 1. The molecule has 3 atom stereocenters. The van der Waals surface area contributed by atoms with E-state index in [2.05, 4.69) is 30.5 Å². The highest BCUT2D eigenvalue weighted by molar-refractivity contribution is 7.10. The third-order valence-electron chi connectivity index (χ3n) is 16.7. The minimum Gasteiger partial charge on any atom is -0.367 e. The highest BCUT2D eigenvalue weighted by atomic mass is 32.1. The molecule has 79 heavy (non-hydrogen) atoms. The van der Waals surface area contributed by atoms with Gasteiger partial charge < -0.3 is 30.2 Å². The van der Waals surface area contributed by atoms with Crippen LogP contribution in [0.25, 0.3) is 11.0 Å². The highest BCUT2D eigenvalue weighted by Gasteiger charge is 2.41. The van der Waals surface area contributed by atoms with Gasteiger partial charge in [0.15, 0.2) is 5.78 Å². The molecule has 2 N–H and O–H groups in total. The zero-order valence-corrected chi connectivity index (χ0v) is 46.8. The molecule has 2 aliphatic heterocycles. The summed E-state index contributed by atoms with van der Waals surface area (Å²) in [5, 5.41) is 9.31. The van der Waals surface area contributed by atoms with Crippen LogP contribution in [0.1, 0.15) is 178 Å². The van der Waals surface area contributed by atoms with Gasteiger partial charge >= 0.3 is 0 Å². The topological polar surface area (TPSA) is 213 Å². The van der Waals surface area contributed by atoms with E-state index in [4.69, 9.17) is 4.98 Å². The first-order valence-corrected chi connectivity index (χ1v) is 29.4. The van der Waals surface area contributed by atoms with Gasteiger partial charge in [0.05, 0.1) is 23.5 Å². The number of pyridine rings is 2. The number of nitrogens with zero attached hydrogens (tertiary/aromatic N) is 9. The number of aromatic nitrogens is 5. The van der Waals surface area contributed by atoms with Crippen LogP contribution >= 0.6 is 11.3 Å². The lowest BCUT2D eigenvalue weighted by atomic mass is 9.83. The van der Waals surface area contributed by atoms with Crippen LogP contribution in [0.4, 0.5) is 21.8 Å². The van der Waals surface area contributed by atoms with E-state index in [9.17, 15) is 38.0 Å². The molecule has 18 nitrogen and oxygen atoms in total. The van der Waals surface area contributed by atoms with Crippen molar-refractivity contribution in [2.24, 2.45) is 5.92 Å². The van der Waals surface area contributed by atoms with Crippen LogP contribution in [-0.2, 0) is 19.2 Å². The molecule has 4 amide bonds. The summed E-state index contributed by atoms with van der Waals surface area (Å²) in [6.07, 6.45) is 18.1. The van der Waals surface area contributed by atoms with Crippen molar-refractivity contribution in [2.45, 2.75) is 161 Å². The Bertz CT molecular complexity index is 3070. The number of ketones is 2. The summed E-state index contributed by atoms with van der Waals surface area (Å²) in [6.45, 7) is 7.98. The van der Waals surface area contributed by atoms with Gasteiger partial charge in [0.2, 0.25) is 35.4 Å². The normalized spacial score (nSPS) is 17.9. The van der Waals surface area contributed by atoms with Gasteiger partial charge in [-0.1, -0.05) is 51.4 Å². The molecule has 20 heteroatoms. The molecule has 4 fully saturated rings. The quantitative estimate of drug-likeness (QED) is 0.0519. The van der Waals surface area contributed by atoms with E-state index in [1.807, 2.05) is 17.0 Å². The molecule has 4 aliphatic rings. The van der Waals surface area contributed by atoms with Gasteiger partial charge in [-0.2, -0.15) is 4.98 Å². The average molecular weight is 1100 g/mol. The van der Waals surface area contributed by atoms with Gasteiger partial charge in [-0.05, 0) is 120 Å². The number of unbranched alkanes of at least 4 members (excludes halogenated alkanes) is 4. The molecule has 0 spiro atoms. The Morgan fingerprint density at radius 3 is 2.19 bits per heavy atom. The maximum atomic E-state index is 14.5. The van der Waals surface area contributed by atoms with E-state index in [1.165, 1.54) is 47.4 Å². The smallest absolute Gasteiger partial charge is 0.263 e. The number of likely N-dealkylation sites (tertiary alicyclic amines) is 1. The molecule has 6 heterocycles. The third kappa shape index (κ3) is 13.2. The van der Waals surface area contributed by atoms with Crippen molar-refractivity contribution < 1.29 is 33.2 Å². The molecule has 2 aliphatic carbocycles. The first-order valence-electron chi connectivity index (χ1n) is 28.5. The molecular formula is C59H74FN11O7S.